The number of unbranched alkanes of at least 4 members (excludes halogenated alkanes) is 12. The van der Waals surface area contributed by atoms with E-state index in [2.05, 4.69) is 16.4 Å². The molecule has 0 fully saturated rings. The Morgan fingerprint density at radius 2 is 1.09 bits per heavy atom. The number of nitrogens with one attached hydrogen (secondary N) is 1. The molecular weight excluding hydrogens is 314 g/mol. The van der Waals surface area contributed by atoms with Crippen LogP contribution in [0.5, 0.6) is 0 Å². The predicted octanol–water partition coefficient (Wildman–Crippen LogP) is 4.73. The summed E-state index contributed by atoms with van der Waals surface area (Å²) in [6.45, 7) is 3.48. The van der Waals surface area contributed by atoms with Crippen molar-refractivity contribution < 1.29 is 17.2 Å². The summed E-state index contributed by atoms with van der Waals surface area (Å²) in [5.41, 5.74) is 0. The van der Waals surface area contributed by atoms with Gasteiger partial charge in [-0.2, -0.15) is 8.42 Å². The van der Waals surface area contributed by atoms with Gasteiger partial charge in [0.25, 0.3) is 0 Å². The Bertz CT molecular complexity index is 294. The summed E-state index contributed by atoms with van der Waals surface area (Å²) in [5, 5.41) is 3.21. The highest BCUT2D eigenvalue weighted by Crippen LogP contribution is 2.12. The Hall–Kier alpha value is -0.170. The van der Waals surface area contributed by atoms with Gasteiger partial charge in [-0.15, -0.1) is 0 Å². The van der Waals surface area contributed by atoms with E-state index in [0.717, 1.165) is 7.11 Å². The molecule has 6 heteroatoms. The van der Waals surface area contributed by atoms with Crippen LogP contribution >= 0.6 is 0 Å². The quantitative estimate of drug-likeness (QED) is 0.329. The summed E-state index contributed by atoms with van der Waals surface area (Å²) in [4.78, 5) is 0. The van der Waals surface area contributed by atoms with E-state index in [-0.39, 0.29) is 0 Å². The molecule has 23 heavy (non-hydrogen) atoms. The van der Waals surface area contributed by atoms with E-state index in [1.165, 1.54) is 90.0 Å². The first kappa shape index (κ1) is 25.1. The van der Waals surface area contributed by atoms with Crippen molar-refractivity contribution in [2.75, 3.05) is 20.7 Å². The Morgan fingerprint density at radius 1 is 0.783 bits per heavy atom. The van der Waals surface area contributed by atoms with Crippen LogP contribution in [0.3, 0.4) is 0 Å². The fourth-order valence-electron chi connectivity index (χ4n) is 2.32. The average molecular weight is 354 g/mol. The van der Waals surface area contributed by atoms with E-state index in [1.54, 1.807) is 0 Å². The molecule has 0 saturated carbocycles. The minimum atomic E-state index is -4.16. The van der Waals surface area contributed by atoms with Gasteiger partial charge >= 0.3 is 10.4 Å². The SMILES string of the molecule is CCCCCCCCCCCCCCCNC.COS(=O)(=O)O. The molecule has 0 spiro atoms. The lowest BCUT2D eigenvalue weighted by Gasteiger charge is -2.02. The highest BCUT2D eigenvalue weighted by Gasteiger charge is 1.94. The highest BCUT2D eigenvalue weighted by atomic mass is 32.3. The van der Waals surface area contributed by atoms with E-state index in [4.69, 9.17) is 4.55 Å². The average Bonchev–Trinajstić information content (AvgIpc) is 2.52. The van der Waals surface area contributed by atoms with Crippen LogP contribution in [0.1, 0.15) is 90.4 Å². The highest BCUT2D eigenvalue weighted by molar-refractivity contribution is 7.80. The van der Waals surface area contributed by atoms with Crippen molar-refractivity contribution in [3.8, 4) is 0 Å². The van der Waals surface area contributed by atoms with Gasteiger partial charge in [0, 0.05) is 0 Å². The minimum Gasteiger partial charge on any atom is -0.320 e. The molecule has 0 aromatic carbocycles. The lowest BCUT2D eigenvalue weighted by Crippen LogP contribution is -2.06. The van der Waals surface area contributed by atoms with Crippen LogP contribution < -0.4 is 5.32 Å². The molecule has 0 aromatic heterocycles. The molecular formula is C17H39NO4S. The van der Waals surface area contributed by atoms with Crippen LogP contribution in [0.25, 0.3) is 0 Å². The summed E-state index contributed by atoms with van der Waals surface area (Å²) < 4.78 is 29.7. The van der Waals surface area contributed by atoms with Gasteiger partial charge in [0.05, 0.1) is 7.11 Å². The molecule has 0 aliphatic rings. The van der Waals surface area contributed by atoms with E-state index in [0.29, 0.717) is 0 Å². The van der Waals surface area contributed by atoms with Gasteiger partial charge in [0.1, 0.15) is 0 Å². The molecule has 0 rings (SSSR count). The first-order chi connectivity index (χ1) is 11.0. The summed E-state index contributed by atoms with van der Waals surface area (Å²) in [6.07, 6.45) is 18.8. The van der Waals surface area contributed by atoms with E-state index < -0.39 is 10.4 Å². The molecule has 0 aromatic rings. The third-order valence-electron chi connectivity index (χ3n) is 3.74. The molecule has 0 unspecified atom stereocenters. The largest absolute Gasteiger partial charge is 0.397 e. The minimum absolute atomic E-state index is 0.870. The van der Waals surface area contributed by atoms with Crippen molar-refractivity contribution in [2.24, 2.45) is 0 Å². The van der Waals surface area contributed by atoms with Crippen molar-refractivity contribution in [3.63, 3.8) is 0 Å². The van der Waals surface area contributed by atoms with Crippen molar-refractivity contribution in [1.29, 1.82) is 0 Å². The smallest absolute Gasteiger partial charge is 0.320 e. The third-order valence-corrected chi connectivity index (χ3v) is 4.16. The van der Waals surface area contributed by atoms with Gasteiger partial charge < -0.3 is 5.32 Å². The van der Waals surface area contributed by atoms with E-state index >= 15 is 0 Å². The number of hydrogen-bond donors (Lipinski definition) is 2. The fraction of sp³-hybridized carbons (Fsp3) is 1.00. The zero-order chi connectivity index (χ0) is 17.8. The van der Waals surface area contributed by atoms with Gasteiger partial charge in [-0.3, -0.25) is 8.74 Å². The Balaban J connectivity index is 0. The van der Waals surface area contributed by atoms with E-state index in [9.17, 15) is 8.42 Å². The van der Waals surface area contributed by atoms with Crippen LogP contribution in [0.2, 0.25) is 0 Å². The monoisotopic (exact) mass is 353 g/mol. The van der Waals surface area contributed by atoms with Crippen LogP contribution in [-0.2, 0) is 14.6 Å². The predicted molar refractivity (Wildman–Crippen MR) is 98.2 cm³/mol. The second-order valence-electron chi connectivity index (χ2n) is 5.94. The summed E-state index contributed by atoms with van der Waals surface area (Å²) in [6, 6.07) is 0. The lowest BCUT2D eigenvalue weighted by molar-refractivity contribution is 0.324. The van der Waals surface area contributed by atoms with Gasteiger partial charge in [-0.25, -0.2) is 0 Å². The topological polar surface area (TPSA) is 75.6 Å². The zero-order valence-corrected chi connectivity index (χ0v) is 16.3. The molecule has 0 amide bonds. The van der Waals surface area contributed by atoms with Gasteiger partial charge in [0.2, 0.25) is 0 Å². The van der Waals surface area contributed by atoms with Crippen LogP contribution in [0, 0.1) is 0 Å². The van der Waals surface area contributed by atoms with Gasteiger partial charge in [-0.05, 0) is 20.0 Å². The molecule has 0 aliphatic heterocycles. The zero-order valence-electron chi connectivity index (χ0n) is 15.5. The maximum Gasteiger partial charge on any atom is 0.397 e. The first-order valence-electron chi connectivity index (χ1n) is 9.15. The molecule has 142 valence electrons. The summed E-state index contributed by atoms with van der Waals surface area (Å²) >= 11 is 0. The summed E-state index contributed by atoms with van der Waals surface area (Å²) in [7, 11) is -1.25. The first-order valence-corrected chi connectivity index (χ1v) is 10.5. The molecule has 2 N–H and O–H groups in total. The summed E-state index contributed by atoms with van der Waals surface area (Å²) in [5.74, 6) is 0. The second kappa shape index (κ2) is 19.9. The molecule has 0 aliphatic carbocycles. The molecule has 0 atom stereocenters. The molecule has 0 heterocycles. The standard InChI is InChI=1S/C16H35N.CH4O4S/c1-3-4-5-6-7-8-9-10-11-12-13-14-15-16-17-2;1-5-6(2,3)4/h17H,3-16H2,1-2H3;1H3,(H,2,3,4). The van der Waals surface area contributed by atoms with Gasteiger partial charge in [0.15, 0.2) is 0 Å². The Kier molecular flexibility index (Phi) is 21.7. The van der Waals surface area contributed by atoms with E-state index in [1.807, 2.05) is 7.05 Å². The normalized spacial score (nSPS) is 11.1. The van der Waals surface area contributed by atoms with Crippen LogP contribution in [0.4, 0.5) is 0 Å². The van der Waals surface area contributed by atoms with Crippen molar-refractivity contribution >= 4 is 10.4 Å². The molecule has 0 saturated heterocycles. The van der Waals surface area contributed by atoms with Crippen LogP contribution in [0.15, 0.2) is 0 Å². The van der Waals surface area contributed by atoms with Crippen molar-refractivity contribution in [2.45, 2.75) is 90.4 Å². The Labute approximate surface area is 144 Å². The van der Waals surface area contributed by atoms with Gasteiger partial charge in [-0.1, -0.05) is 84.0 Å². The lowest BCUT2D eigenvalue weighted by atomic mass is 10.0. The molecule has 0 radical (unpaired) electrons. The Morgan fingerprint density at radius 3 is 1.35 bits per heavy atom. The number of hydrogen-bond acceptors (Lipinski definition) is 4. The fourth-order valence-corrected chi connectivity index (χ4v) is 2.32. The maximum atomic E-state index is 9.33. The molecule has 5 nitrogen and oxygen atoms in total. The van der Waals surface area contributed by atoms with Crippen LogP contribution in [-0.4, -0.2) is 33.7 Å². The second-order valence-corrected chi connectivity index (χ2v) is 7.13. The van der Waals surface area contributed by atoms with Crippen molar-refractivity contribution in [3.05, 3.63) is 0 Å². The third kappa shape index (κ3) is 30.3. The number of rotatable bonds is 15. The van der Waals surface area contributed by atoms with Crippen molar-refractivity contribution in [1.82, 2.24) is 5.32 Å². The maximum absolute atomic E-state index is 9.33. The molecule has 0 bridgehead atoms.